The molecule has 0 saturated heterocycles. The SMILES string of the molecule is Oc1ccccc1Cc1nc(-c2cccnc2)no1. The normalized spacial score (nSPS) is 10.5. The largest absolute Gasteiger partial charge is 0.508 e. The van der Waals surface area contributed by atoms with Gasteiger partial charge in [0, 0.05) is 23.5 Å². The first-order valence-corrected chi connectivity index (χ1v) is 5.83. The van der Waals surface area contributed by atoms with Crippen molar-refractivity contribution in [3.63, 3.8) is 0 Å². The lowest BCUT2D eigenvalue weighted by Crippen LogP contribution is -1.89. The Hall–Kier alpha value is -2.69. The number of aromatic hydroxyl groups is 1. The summed E-state index contributed by atoms with van der Waals surface area (Å²) in [7, 11) is 0. The van der Waals surface area contributed by atoms with Gasteiger partial charge in [-0.1, -0.05) is 23.4 Å². The number of phenolic OH excluding ortho intramolecular Hbond substituents is 1. The van der Waals surface area contributed by atoms with Crippen molar-refractivity contribution < 1.29 is 9.63 Å². The molecule has 0 aliphatic rings. The molecule has 5 heteroatoms. The van der Waals surface area contributed by atoms with Crippen LogP contribution in [0.5, 0.6) is 5.75 Å². The van der Waals surface area contributed by atoms with E-state index in [1.54, 1.807) is 24.5 Å². The minimum atomic E-state index is 0.226. The number of phenols is 1. The van der Waals surface area contributed by atoms with Crippen LogP contribution in [-0.2, 0) is 6.42 Å². The van der Waals surface area contributed by atoms with Crippen molar-refractivity contribution in [2.75, 3.05) is 0 Å². The van der Waals surface area contributed by atoms with E-state index in [-0.39, 0.29) is 5.75 Å². The topological polar surface area (TPSA) is 72.0 Å². The first-order chi connectivity index (χ1) is 9.33. The van der Waals surface area contributed by atoms with Gasteiger partial charge in [-0.3, -0.25) is 4.98 Å². The lowest BCUT2D eigenvalue weighted by molar-refractivity contribution is 0.383. The molecule has 0 spiro atoms. The Kier molecular flexibility index (Phi) is 2.94. The van der Waals surface area contributed by atoms with Crippen molar-refractivity contribution >= 4 is 0 Å². The Morgan fingerprint density at radius 1 is 1.11 bits per heavy atom. The van der Waals surface area contributed by atoms with Gasteiger partial charge in [-0.15, -0.1) is 0 Å². The maximum atomic E-state index is 9.70. The number of para-hydroxylation sites is 1. The van der Waals surface area contributed by atoms with Crippen molar-refractivity contribution in [2.24, 2.45) is 0 Å². The molecule has 0 unspecified atom stereocenters. The second-order valence-electron chi connectivity index (χ2n) is 4.06. The third kappa shape index (κ3) is 2.44. The molecular formula is C14H11N3O2. The van der Waals surface area contributed by atoms with E-state index in [4.69, 9.17) is 4.52 Å². The van der Waals surface area contributed by atoms with E-state index < -0.39 is 0 Å². The fourth-order valence-corrected chi connectivity index (χ4v) is 1.76. The van der Waals surface area contributed by atoms with Crippen LogP contribution in [0.15, 0.2) is 53.3 Å². The lowest BCUT2D eigenvalue weighted by Gasteiger charge is -1.99. The van der Waals surface area contributed by atoms with Gasteiger partial charge in [0.25, 0.3) is 0 Å². The van der Waals surface area contributed by atoms with Crippen LogP contribution in [-0.4, -0.2) is 20.2 Å². The van der Waals surface area contributed by atoms with Crippen LogP contribution >= 0.6 is 0 Å². The molecule has 0 amide bonds. The molecule has 0 aliphatic carbocycles. The summed E-state index contributed by atoms with van der Waals surface area (Å²) in [4.78, 5) is 8.29. The molecule has 0 saturated carbocycles. The summed E-state index contributed by atoms with van der Waals surface area (Å²) < 4.78 is 5.18. The van der Waals surface area contributed by atoms with Gasteiger partial charge >= 0.3 is 0 Å². The first kappa shape index (κ1) is 11.4. The van der Waals surface area contributed by atoms with Crippen LogP contribution in [0.2, 0.25) is 0 Å². The van der Waals surface area contributed by atoms with Crippen molar-refractivity contribution in [2.45, 2.75) is 6.42 Å². The highest BCUT2D eigenvalue weighted by Crippen LogP contribution is 2.20. The minimum Gasteiger partial charge on any atom is -0.508 e. The van der Waals surface area contributed by atoms with Crippen molar-refractivity contribution in [3.05, 3.63) is 60.2 Å². The van der Waals surface area contributed by atoms with Crippen LogP contribution in [0.3, 0.4) is 0 Å². The average molecular weight is 253 g/mol. The first-order valence-electron chi connectivity index (χ1n) is 5.83. The maximum Gasteiger partial charge on any atom is 0.231 e. The molecule has 1 aromatic carbocycles. The van der Waals surface area contributed by atoms with Gasteiger partial charge in [-0.25, -0.2) is 0 Å². The molecule has 1 N–H and O–H groups in total. The smallest absolute Gasteiger partial charge is 0.231 e. The summed E-state index contributed by atoms with van der Waals surface area (Å²) in [6.45, 7) is 0. The van der Waals surface area contributed by atoms with Crippen LogP contribution < -0.4 is 0 Å². The van der Waals surface area contributed by atoms with Gasteiger partial charge in [-0.05, 0) is 18.2 Å². The van der Waals surface area contributed by atoms with Gasteiger partial charge in [0.05, 0.1) is 6.42 Å². The van der Waals surface area contributed by atoms with Crippen molar-refractivity contribution in [1.29, 1.82) is 0 Å². The van der Waals surface area contributed by atoms with Crippen LogP contribution in [0, 0.1) is 0 Å². The summed E-state index contributed by atoms with van der Waals surface area (Å²) in [6, 6.07) is 10.8. The highest BCUT2D eigenvalue weighted by molar-refractivity contribution is 5.52. The van der Waals surface area contributed by atoms with E-state index in [0.29, 0.717) is 18.1 Å². The standard InChI is InChI=1S/C14H11N3O2/c18-12-6-2-1-4-10(12)8-13-16-14(17-19-13)11-5-3-7-15-9-11/h1-7,9,18H,8H2. The van der Waals surface area contributed by atoms with Gasteiger partial charge in [0.1, 0.15) is 5.75 Å². The molecule has 0 bridgehead atoms. The van der Waals surface area contributed by atoms with Gasteiger partial charge in [0.15, 0.2) is 0 Å². The maximum absolute atomic E-state index is 9.70. The fourth-order valence-electron chi connectivity index (χ4n) is 1.76. The number of aromatic nitrogens is 3. The third-order valence-electron chi connectivity index (χ3n) is 2.72. The molecule has 2 aromatic heterocycles. The monoisotopic (exact) mass is 253 g/mol. The number of pyridine rings is 1. The Morgan fingerprint density at radius 2 is 2.00 bits per heavy atom. The van der Waals surface area contributed by atoms with Gasteiger partial charge in [-0.2, -0.15) is 4.98 Å². The number of nitrogens with zero attached hydrogens (tertiary/aromatic N) is 3. The fraction of sp³-hybridized carbons (Fsp3) is 0.0714. The van der Waals surface area contributed by atoms with E-state index >= 15 is 0 Å². The summed E-state index contributed by atoms with van der Waals surface area (Å²) in [5, 5.41) is 13.6. The van der Waals surface area contributed by atoms with Crippen molar-refractivity contribution in [1.82, 2.24) is 15.1 Å². The quantitative estimate of drug-likeness (QED) is 0.776. The zero-order chi connectivity index (χ0) is 13.1. The van der Waals surface area contributed by atoms with Crippen LogP contribution in [0.25, 0.3) is 11.4 Å². The number of hydrogen-bond acceptors (Lipinski definition) is 5. The molecule has 94 valence electrons. The summed E-state index contributed by atoms with van der Waals surface area (Å²) >= 11 is 0. The Bertz CT molecular complexity index is 680. The molecule has 0 aliphatic heterocycles. The Morgan fingerprint density at radius 3 is 2.79 bits per heavy atom. The highest BCUT2D eigenvalue weighted by atomic mass is 16.5. The molecule has 5 nitrogen and oxygen atoms in total. The van der Waals surface area contributed by atoms with E-state index in [1.807, 2.05) is 24.3 Å². The summed E-state index contributed by atoms with van der Waals surface area (Å²) in [6.07, 6.45) is 3.76. The lowest BCUT2D eigenvalue weighted by atomic mass is 10.1. The molecule has 3 rings (SSSR count). The molecule has 0 fully saturated rings. The van der Waals surface area contributed by atoms with Crippen LogP contribution in [0.4, 0.5) is 0 Å². The second kappa shape index (κ2) is 4.89. The molecule has 0 atom stereocenters. The Balaban J connectivity index is 1.85. The second-order valence-corrected chi connectivity index (χ2v) is 4.06. The predicted octanol–water partition coefficient (Wildman–Crippen LogP) is 2.43. The molecule has 19 heavy (non-hydrogen) atoms. The zero-order valence-electron chi connectivity index (χ0n) is 10.0. The number of benzene rings is 1. The van der Waals surface area contributed by atoms with E-state index in [9.17, 15) is 5.11 Å². The van der Waals surface area contributed by atoms with Gasteiger partial charge in [0.2, 0.25) is 11.7 Å². The minimum absolute atomic E-state index is 0.226. The molecule has 0 radical (unpaired) electrons. The van der Waals surface area contributed by atoms with E-state index in [0.717, 1.165) is 11.1 Å². The van der Waals surface area contributed by atoms with Crippen LogP contribution in [0.1, 0.15) is 11.5 Å². The number of hydrogen-bond donors (Lipinski definition) is 1. The highest BCUT2D eigenvalue weighted by Gasteiger charge is 2.10. The zero-order valence-corrected chi connectivity index (χ0v) is 10.0. The Labute approximate surface area is 109 Å². The predicted molar refractivity (Wildman–Crippen MR) is 68.4 cm³/mol. The summed E-state index contributed by atoms with van der Waals surface area (Å²) in [5.41, 5.74) is 1.55. The third-order valence-corrected chi connectivity index (χ3v) is 2.72. The summed E-state index contributed by atoms with van der Waals surface area (Å²) in [5.74, 6) is 1.18. The molecule has 2 heterocycles. The number of rotatable bonds is 3. The molecular weight excluding hydrogens is 242 g/mol. The van der Waals surface area contributed by atoms with Crippen molar-refractivity contribution in [3.8, 4) is 17.1 Å². The van der Waals surface area contributed by atoms with E-state index in [2.05, 4.69) is 15.1 Å². The average Bonchev–Trinajstić information content (AvgIpc) is 2.91. The molecule has 3 aromatic rings. The van der Waals surface area contributed by atoms with E-state index in [1.165, 1.54) is 0 Å². The van der Waals surface area contributed by atoms with Gasteiger partial charge < -0.3 is 9.63 Å².